The van der Waals surface area contributed by atoms with E-state index in [4.69, 9.17) is 5.11 Å². The standard InChI is InChI=1S/C33H45NO4.C29H38O4.C4H9NO/c1-20-22-7-8-25-31(4,23(22)17-24(36)27(20)37)13-15-33(6)26-18-30(3,28(38)34-16-9-21(35)19-34)11-10-29(26,2)12-14-32(25,33)5;1-17-18-7-8-21-27(4,19(18)15-20(30)23(17)31)12-14-29(6)22-16-26(3,24(32)33)10-9-25(22,2)11-13-28(21,29)5;6-4-1-2-5-3-4/h7-8,17,21,26,35,37H,9-16,18-19H2,1-6H3;7-8,15,22,31H,9-14,16H2,1-6H3,(H,32,33);4-6H,1-3H2/t21?,26-,29-,30-,31+,32-,33+;22-,25-,26-,27+,28-,29+;/m11./s1. The van der Waals surface area contributed by atoms with Crippen molar-refractivity contribution >= 4 is 23.4 Å². The van der Waals surface area contributed by atoms with Crippen LogP contribution in [0.15, 0.2) is 92.6 Å². The second-order valence-electron chi connectivity index (χ2n) is 29.4. The molecule has 6 saturated carbocycles. The molecule has 0 aromatic rings. The molecule has 2 heterocycles. The Balaban J connectivity index is 0.000000159. The molecule has 14 atom stereocenters. The van der Waals surface area contributed by atoms with Gasteiger partial charge in [0.25, 0.3) is 0 Å². The van der Waals surface area contributed by atoms with Gasteiger partial charge < -0.3 is 35.7 Å². The molecule has 11 nitrogen and oxygen atoms in total. The number of nitrogens with one attached hydrogen (secondary N) is 1. The molecular weight excluding hydrogens is 965 g/mol. The zero-order valence-corrected chi connectivity index (χ0v) is 48.7. The maximum absolute atomic E-state index is 13.8. The van der Waals surface area contributed by atoms with Crippen LogP contribution >= 0.6 is 0 Å². The summed E-state index contributed by atoms with van der Waals surface area (Å²) >= 11 is 0. The number of carboxylic acid groups (broad SMARTS) is 1. The fourth-order valence-electron chi connectivity index (χ4n) is 19.2. The van der Waals surface area contributed by atoms with E-state index in [0.29, 0.717) is 42.5 Å². The average molecular weight is 1060 g/mol. The van der Waals surface area contributed by atoms with Crippen molar-refractivity contribution in [3.8, 4) is 0 Å². The van der Waals surface area contributed by atoms with E-state index in [1.165, 1.54) is 11.1 Å². The van der Waals surface area contributed by atoms with Gasteiger partial charge in [0.1, 0.15) is 0 Å². The van der Waals surface area contributed by atoms with Crippen molar-refractivity contribution in [3.63, 3.8) is 0 Å². The first-order valence-corrected chi connectivity index (χ1v) is 29.6. The first-order chi connectivity index (χ1) is 35.8. The van der Waals surface area contributed by atoms with Gasteiger partial charge in [0.2, 0.25) is 17.5 Å². The molecule has 12 aliphatic rings. The van der Waals surface area contributed by atoms with Crippen LogP contribution in [0.1, 0.15) is 186 Å². The van der Waals surface area contributed by atoms with Gasteiger partial charge in [0.15, 0.2) is 11.5 Å². The van der Waals surface area contributed by atoms with Crippen LogP contribution in [-0.2, 0) is 19.2 Å². The maximum atomic E-state index is 13.8. The number of hydrogen-bond acceptors (Lipinski definition) is 9. The van der Waals surface area contributed by atoms with Gasteiger partial charge in [-0.3, -0.25) is 19.2 Å². The van der Waals surface area contributed by atoms with E-state index in [1.54, 1.807) is 12.2 Å². The number of carbonyl (C=O) groups excluding carboxylic acids is 3. The Kier molecular flexibility index (Phi) is 13.3. The molecule has 2 saturated heterocycles. The van der Waals surface area contributed by atoms with Crippen LogP contribution in [0.3, 0.4) is 0 Å². The average Bonchev–Trinajstić information content (AvgIpc) is 3.54. The molecule has 0 bridgehead atoms. The largest absolute Gasteiger partial charge is 0.504 e. The molecule has 6 N–H and O–H groups in total. The number of aliphatic hydroxyl groups is 4. The van der Waals surface area contributed by atoms with Crippen molar-refractivity contribution in [2.75, 3.05) is 26.2 Å². The highest BCUT2D eigenvalue weighted by Crippen LogP contribution is 2.77. The molecule has 10 aliphatic carbocycles. The molecule has 2 unspecified atom stereocenters. The van der Waals surface area contributed by atoms with Crippen molar-refractivity contribution in [2.24, 2.45) is 66.0 Å². The molecular formula is C66H92N2O9. The van der Waals surface area contributed by atoms with Crippen molar-refractivity contribution in [1.82, 2.24) is 10.2 Å². The van der Waals surface area contributed by atoms with Crippen molar-refractivity contribution in [3.05, 3.63) is 92.6 Å². The number of nitrogens with zero attached hydrogens (tertiary/aromatic N) is 1. The van der Waals surface area contributed by atoms with Crippen LogP contribution < -0.4 is 5.32 Å². The van der Waals surface area contributed by atoms with E-state index in [1.807, 2.05) is 25.7 Å². The van der Waals surface area contributed by atoms with Gasteiger partial charge in [0, 0.05) is 47.0 Å². The van der Waals surface area contributed by atoms with E-state index in [0.717, 1.165) is 132 Å². The highest BCUT2D eigenvalue weighted by atomic mass is 16.4. The van der Waals surface area contributed by atoms with Crippen LogP contribution in [-0.4, -0.2) is 92.3 Å². The quantitative estimate of drug-likeness (QED) is 0.156. The lowest BCUT2D eigenvalue weighted by Gasteiger charge is -2.70. The number of likely N-dealkylation sites (tertiary alicyclic amines) is 1. The zero-order chi connectivity index (χ0) is 56.1. The summed E-state index contributed by atoms with van der Waals surface area (Å²) in [5.74, 6) is -0.474. The Morgan fingerprint density at radius 1 is 0.571 bits per heavy atom. The number of hydrogen-bond donors (Lipinski definition) is 6. The van der Waals surface area contributed by atoms with Crippen molar-refractivity contribution in [2.45, 2.75) is 198 Å². The molecule has 0 radical (unpaired) electrons. The number of allylic oxidation sites excluding steroid dienone is 14. The molecule has 420 valence electrons. The summed E-state index contributed by atoms with van der Waals surface area (Å²) in [4.78, 5) is 53.3. The summed E-state index contributed by atoms with van der Waals surface area (Å²) < 4.78 is 0. The minimum absolute atomic E-state index is 0.0000746. The normalized spacial score (nSPS) is 45.6. The van der Waals surface area contributed by atoms with Gasteiger partial charge in [-0.25, -0.2) is 0 Å². The second kappa shape index (κ2) is 18.4. The van der Waals surface area contributed by atoms with Crippen LogP contribution in [0.25, 0.3) is 0 Å². The van der Waals surface area contributed by atoms with Crippen LogP contribution in [0.5, 0.6) is 0 Å². The lowest BCUT2D eigenvalue weighted by Crippen LogP contribution is -2.62. The topological polar surface area (TPSA) is 185 Å². The predicted molar refractivity (Wildman–Crippen MR) is 300 cm³/mol. The molecule has 12 rings (SSSR count). The highest BCUT2D eigenvalue weighted by molar-refractivity contribution is 6.07. The molecule has 8 fully saturated rings. The summed E-state index contributed by atoms with van der Waals surface area (Å²) in [7, 11) is 0. The fraction of sp³-hybridized carbons (Fsp3) is 0.697. The van der Waals surface area contributed by atoms with Crippen LogP contribution in [0, 0.1) is 66.0 Å². The van der Waals surface area contributed by atoms with Gasteiger partial charge >= 0.3 is 5.97 Å². The van der Waals surface area contributed by atoms with Gasteiger partial charge in [-0.1, -0.05) is 97.8 Å². The molecule has 0 spiro atoms. The number of amides is 1. The summed E-state index contributed by atoms with van der Waals surface area (Å²) in [6, 6.07) is 0. The van der Waals surface area contributed by atoms with Gasteiger partial charge in [0.05, 0.1) is 17.6 Å². The van der Waals surface area contributed by atoms with E-state index >= 15 is 0 Å². The Morgan fingerprint density at radius 3 is 1.40 bits per heavy atom. The van der Waals surface area contributed by atoms with E-state index in [2.05, 4.69) is 91.9 Å². The fourth-order valence-corrected chi connectivity index (χ4v) is 19.2. The van der Waals surface area contributed by atoms with Crippen LogP contribution in [0.4, 0.5) is 0 Å². The number of fused-ring (bicyclic) bond motifs is 14. The summed E-state index contributed by atoms with van der Waals surface area (Å²) in [6.45, 7) is 30.0. The lowest BCUT2D eigenvalue weighted by molar-refractivity contribution is -0.178. The number of carbonyl (C=O) groups is 4. The van der Waals surface area contributed by atoms with E-state index < -0.39 is 11.4 Å². The number of ketones is 2. The molecule has 2 aliphatic heterocycles. The molecule has 77 heavy (non-hydrogen) atoms. The van der Waals surface area contributed by atoms with Gasteiger partial charge in [-0.15, -0.1) is 0 Å². The van der Waals surface area contributed by atoms with Gasteiger partial charge in [-0.2, -0.15) is 0 Å². The second-order valence-corrected chi connectivity index (χ2v) is 29.4. The minimum atomic E-state index is -0.655. The summed E-state index contributed by atoms with van der Waals surface area (Å²) in [6.07, 6.45) is 27.2. The smallest absolute Gasteiger partial charge is 0.309 e. The van der Waals surface area contributed by atoms with E-state index in [9.17, 15) is 39.6 Å². The van der Waals surface area contributed by atoms with Gasteiger partial charge in [-0.05, 0) is 209 Å². The number of β-amino-alcohol motifs (C(OH)–C–C–N with tert-alkyl or cyclic N) is 2. The predicted octanol–water partition coefficient (Wildman–Crippen LogP) is 12.2. The Morgan fingerprint density at radius 2 is 1.01 bits per heavy atom. The Bertz CT molecular complexity index is 2860. The molecule has 1 amide bonds. The van der Waals surface area contributed by atoms with Crippen LogP contribution in [0.2, 0.25) is 0 Å². The zero-order valence-electron chi connectivity index (χ0n) is 48.7. The maximum Gasteiger partial charge on any atom is 0.309 e. The minimum Gasteiger partial charge on any atom is -0.504 e. The third-order valence-corrected chi connectivity index (χ3v) is 25.3. The number of rotatable bonds is 2. The Hall–Kier alpha value is -4.32. The first kappa shape index (κ1) is 56.0. The highest BCUT2D eigenvalue weighted by Gasteiger charge is 2.69. The summed E-state index contributed by atoms with van der Waals surface area (Å²) in [5, 5.41) is 52.5. The SMILES string of the molecule is CC1=C(O)C(=O)C=C2C1=CC=C1[C@@]2(C)CC[C@@]2(C)[C@@H]3C[C@](C)(C(=O)N4CCC(O)C4)CC[C@]3(C)CC[C@]12C.CC1=C(O)C(=O)C=C2C1=CC=C1[C@@]2(C)CC[C@@]2(C)[C@@H]3C[C@](C)(C(=O)O)CC[C@]3(C)CC[C@]12C.OC1CCNC1. The molecule has 11 heteroatoms. The number of carboxylic acids is 1. The summed E-state index contributed by atoms with van der Waals surface area (Å²) in [5.41, 5.74) is 7.11. The van der Waals surface area contributed by atoms with E-state index in [-0.39, 0.29) is 89.9 Å². The number of aliphatic carboxylic acids is 1. The first-order valence-electron chi connectivity index (χ1n) is 29.6. The monoisotopic (exact) mass is 1060 g/mol. The lowest BCUT2D eigenvalue weighted by atomic mass is 9.34. The van der Waals surface area contributed by atoms with Crippen molar-refractivity contribution in [1.29, 1.82) is 0 Å². The number of aliphatic hydroxyl groups excluding tert-OH is 4. The third-order valence-electron chi connectivity index (χ3n) is 25.3. The molecule has 0 aromatic carbocycles. The third kappa shape index (κ3) is 8.07. The van der Waals surface area contributed by atoms with Crippen molar-refractivity contribution < 1.29 is 44.7 Å². The molecule has 0 aromatic heterocycles. The Labute approximate surface area is 459 Å².